The van der Waals surface area contributed by atoms with Gasteiger partial charge in [0.1, 0.15) is 0 Å². The van der Waals surface area contributed by atoms with Crippen LogP contribution in [0.2, 0.25) is 0 Å². The van der Waals surface area contributed by atoms with Gasteiger partial charge in [-0.05, 0) is 68.2 Å². The Kier molecular flexibility index (Phi) is 7.21. The Morgan fingerprint density at radius 2 is 1.89 bits per heavy atom. The molecule has 2 aromatic heterocycles. The highest BCUT2D eigenvalue weighted by molar-refractivity contribution is 7.99. The van der Waals surface area contributed by atoms with E-state index in [2.05, 4.69) is 54.9 Å². The largest absolute Gasteiger partial charge is 0.398 e. The van der Waals surface area contributed by atoms with Gasteiger partial charge in [-0.2, -0.15) is 22.8 Å². The van der Waals surface area contributed by atoms with Gasteiger partial charge in [0.15, 0.2) is 11.6 Å². The van der Waals surface area contributed by atoms with Gasteiger partial charge in [-0.25, -0.2) is 9.37 Å². The lowest BCUT2D eigenvalue weighted by Crippen LogP contribution is -2.51. The summed E-state index contributed by atoms with van der Waals surface area (Å²) in [6.07, 6.45) is 1.07. The van der Waals surface area contributed by atoms with Crippen molar-refractivity contribution in [2.45, 2.75) is 75.0 Å². The quantitative estimate of drug-likeness (QED) is 0.310. The smallest absolute Gasteiger partial charge is 0.365 e. The topological polar surface area (TPSA) is 96.7 Å². The zero-order chi connectivity index (χ0) is 26.2. The van der Waals surface area contributed by atoms with Gasteiger partial charge in [-0.3, -0.25) is 4.90 Å². The molecule has 2 atom stereocenters. The molecule has 2 aliphatic rings. The molecule has 1 saturated carbocycles. The van der Waals surface area contributed by atoms with E-state index in [1.54, 1.807) is 24.3 Å². The third-order valence-electron chi connectivity index (χ3n) is 6.48. The fourth-order valence-electron chi connectivity index (χ4n) is 4.95. The highest BCUT2D eigenvalue weighted by atomic mass is 32.2. The van der Waals surface area contributed by atoms with Crippen molar-refractivity contribution in [3.63, 3.8) is 0 Å². The minimum absolute atomic E-state index is 0.00943. The Hall–Kier alpha value is -3.00. The summed E-state index contributed by atoms with van der Waals surface area (Å²) >= 11 is 0.494. The number of benzene rings is 1. The van der Waals surface area contributed by atoms with Crippen LogP contribution in [-0.4, -0.2) is 71.2 Å². The van der Waals surface area contributed by atoms with E-state index in [1.807, 2.05) is 0 Å². The summed E-state index contributed by atoms with van der Waals surface area (Å²) in [4.78, 5) is 11.0. The van der Waals surface area contributed by atoms with Crippen LogP contribution < -0.4 is 10.6 Å². The minimum atomic E-state index is -4.35. The van der Waals surface area contributed by atoms with Crippen LogP contribution in [0.15, 0.2) is 35.6 Å². The number of piperidine rings is 1. The predicted molar refractivity (Wildman–Crippen MR) is 132 cm³/mol. The van der Waals surface area contributed by atoms with Crippen molar-refractivity contribution in [1.29, 1.82) is 0 Å². The van der Waals surface area contributed by atoms with E-state index in [4.69, 9.17) is 0 Å². The predicted octanol–water partition coefficient (Wildman–Crippen LogP) is 4.81. The Labute approximate surface area is 215 Å². The summed E-state index contributed by atoms with van der Waals surface area (Å²) in [5.74, 6) is -1.34. The Morgan fingerprint density at radius 3 is 2.59 bits per heavy atom. The second-order valence-electron chi connectivity index (χ2n) is 9.53. The number of halogens is 4. The van der Waals surface area contributed by atoms with Crippen LogP contribution in [0.5, 0.6) is 0 Å². The fraction of sp³-hybridized carbons (Fsp3) is 0.522. The number of thioether (sulfide) groups is 1. The first kappa shape index (κ1) is 25.6. The highest BCUT2D eigenvalue weighted by Crippen LogP contribution is 2.36. The maximum absolute atomic E-state index is 14.6. The average Bonchev–Trinajstić information content (AvgIpc) is 3.54. The molecule has 2 N–H and O–H groups in total. The first-order valence-corrected chi connectivity index (χ1v) is 13.1. The maximum Gasteiger partial charge on any atom is 0.398 e. The van der Waals surface area contributed by atoms with Gasteiger partial charge in [0.05, 0.1) is 17.6 Å². The number of tetrazole rings is 1. The summed E-state index contributed by atoms with van der Waals surface area (Å²) in [7, 11) is 0. The van der Waals surface area contributed by atoms with Gasteiger partial charge in [0, 0.05) is 29.9 Å². The molecule has 14 heteroatoms. The molecule has 0 radical (unpaired) electrons. The van der Waals surface area contributed by atoms with Gasteiger partial charge in [-0.1, -0.05) is 17.8 Å². The second kappa shape index (κ2) is 10.4. The van der Waals surface area contributed by atoms with Crippen LogP contribution in [0.3, 0.4) is 0 Å². The molecule has 0 bridgehead atoms. The maximum atomic E-state index is 14.6. The van der Waals surface area contributed by atoms with Crippen LogP contribution in [-0.2, 0) is 0 Å². The van der Waals surface area contributed by atoms with Crippen molar-refractivity contribution in [2.24, 2.45) is 0 Å². The fourth-order valence-corrected chi connectivity index (χ4v) is 5.60. The molecule has 198 valence electrons. The molecule has 1 aliphatic carbocycles. The molecule has 3 heterocycles. The molecule has 5 rings (SSSR count). The standard InChI is InChI=1S/C23H27F4N9S/c1-13-8-16(9-14(2)35(13)17-6-7-17)29-20-19(24)11-28-21(31-20)30-15-4-3-5-18(10-15)36-22(32-33-34-36)37-12-23(25,26)27/h3-5,10-11,13-14,16-17H,6-9,12H2,1-2H3,(H2,28,29,30,31). The Morgan fingerprint density at radius 1 is 1.14 bits per heavy atom. The van der Waals surface area contributed by atoms with Crippen LogP contribution in [0.4, 0.5) is 35.0 Å². The van der Waals surface area contributed by atoms with Crippen molar-refractivity contribution in [3.8, 4) is 5.69 Å². The summed E-state index contributed by atoms with van der Waals surface area (Å²) in [5, 5.41) is 17.3. The number of aromatic nitrogens is 6. The zero-order valence-electron chi connectivity index (χ0n) is 20.3. The number of alkyl halides is 3. The summed E-state index contributed by atoms with van der Waals surface area (Å²) in [6.45, 7) is 4.44. The Bertz CT molecular complexity index is 1220. The average molecular weight is 538 g/mol. The first-order valence-electron chi connectivity index (χ1n) is 12.1. The SMILES string of the molecule is CC1CC(Nc2nc(Nc3cccc(-n4nnnc4SCC(F)(F)F)c3)ncc2F)CC(C)N1C1CC1. The molecule has 9 nitrogen and oxygen atoms in total. The van der Waals surface area contributed by atoms with Gasteiger partial charge in [0.2, 0.25) is 11.1 Å². The summed E-state index contributed by atoms with van der Waals surface area (Å²) in [5.41, 5.74) is 0.989. The van der Waals surface area contributed by atoms with Gasteiger partial charge in [0.25, 0.3) is 0 Å². The van der Waals surface area contributed by atoms with Crippen LogP contribution in [0.1, 0.15) is 39.5 Å². The molecule has 0 spiro atoms. The van der Waals surface area contributed by atoms with E-state index in [0.717, 1.165) is 19.0 Å². The lowest BCUT2D eigenvalue weighted by molar-refractivity contribution is -0.105. The molecular formula is C23H27F4N9S. The number of nitrogens with one attached hydrogen (secondary N) is 2. The molecule has 0 amide bonds. The minimum Gasteiger partial charge on any atom is -0.365 e. The number of hydrogen-bond acceptors (Lipinski definition) is 9. The highest BCUT2D eigenvalue weighted by Gasteiger charge is 2.40. The number of rotatable bonds is 8. The molecule has 2 fully saturated rings. The second-order valence-corrected chi connectivity index (χ2v) is 10.5. The Balaban J connectivity index is 1.27. The van der Waals surface area contributed by atoms with Crippen molar-refractivity contribution in [2.75, 3.05) is 16.4 Å². The molecule has 1 aliphatic heterocycles. The van der Waals surface area contributed by atoms with Crippen molar-refractivity contribution in [3.05, 3.63) is 36.3 Å². The lowest BCUT2D eigenvalue weighted by atomic mass is 9.92. The monoisotopic (exact) mass is 537 g/mol. The van der Waals surface area contributed by atoms with Crippen molar-refractivity contribution < 1.29 is 17.6 Å². The molecular weight excluding hydrogens is 510 g/mol. The van der Waals surface area contributed by atoms with E-state index in [-0.39, 0.29) is 23.0 Å². The summed E-state index contributed by atoms with van der Waals surface area (Å²) < 4.78 is 53.7. The van der Waals surface area contributed by atoms with Crippen molar-refractivity contribution >= 4 is 29.2 Å². The van der Waals surface area contributed by atoms with E-state index in [9.17, 15) is 17.6 Å². The third-order valence-corrected chi connectivity index (χ3v) is 7.46. The van der Waals surface area contributed by atoms with Gasteiger partial charge < -0.3 is 10.6 Å². The first-order chi connectivity index (χ1) is 17.7. The summed E-state index contributed by atoms with van der Waals surface area (Å²) in [6, 6.07) is 8.31. The molecule has 37 heavy (non-hydrogen) atoms. The zero-order valence-corrected chi connectivity index (χ0v) is 21.1. The van der Waals surface area contributed by atoms with Gasteiger partial charge >= 0.3 is 6.18 Å². The molecule has 1 aromatic carbocycles. The van der Waals surface area contributed by atoms with E-state index < -0.39 is 17.7 Å². The van der Waals surface area contributed by atoms with Gasteiger partial charge in [-0.15, -0.1) is 5.10 Å². The van der Waals surface area contributed by atoms with E-state index in [1.165, 1.54) is 17.5 Å². The number of anilines is 3. The molecule has 3 aromatic rings. The number of nitrogens with zero attached hydrogens (tertiary/aromatic N) is 7. The normalized spacial score (nSPS) is 22.7. The van der Waals surface area contributed by atoms with E-state index in [0.29, 0.717) is 41.3 Å². The van der Waals surface area contributed by atoms with Crippen LogP contribution in [0, 0.1) is 5.82 Å². The number of hydrogen-bond donors (Lipinski definition) is 2. The third kappa shape index (κ3) is 6.29. The lowest BCUT2D eigenvalue weighted by Gasteiger charge is -2.43. The molecule has 2 unspecified atom stereocenters. The van der Waals surface area contributed by atoms with E-state index >= 15 is 0 Å². The number of likely N-dealkylation sites (tertiary alicyclic amines) is 1. The van der Waals surface area contributed by atoms with Crippen LogP contribution in [0.25, 0.3) is 5.69 Å². The van der Waals surface area contributed by atoms with Crippen LogP contribution >= 0.6 is 11.8 Å². The van der Waals surface area contributed by atoms with Crippen molar-refractivity contribution in [1.82, 2.24) is 35.1 Å². The molecule has 1 saturated heterocycles.